The van der Waals surface area contributed by atoms with Crippen LogP contribution in [0.4, 0.5) is 4.39 Å². The van der Waals surface area contributed by atoms with Gasteiger partial charge in [0.1, 0.15) is 11.6 Å². The van der Waals surface area contributed by atoms with Crippen molar-refractivity contribution < 1.29 is 9.18 Å². The number of halogens is 2. The highest BCUT2D eigenvalue weighted by Gasteiger charge is 2.09. The van der Waals surface area contributed by atoms with Gasteiger partial charge in [-0.25, -0.2) is 14.4 Å². The molecule has 0 spiro atoms. The zero-order valence-electron chi connectivity index (χ0n) is 8.73. The van der Waals surface area contributed by atoms with Crippen LogP contribution < -0.4 is 0 Å². The fraction of sp³-hybridized carbons (Fsp3) is 0.0833. The first-order valence-corrected chi connectivity index (χ1v) is 5.27. The molecule has 1 aromatic heterocycles. The van der Waals surface area contributed by atoms with Crippen molar-refractivity contribution in [1.82, 2.24) is 9.97 Å². The van der Waals surface area contributed by atoms with Crippen LogP contribution in [0.1, 0.15) is 21.7 Å². The molecule has 0 fully saturated rings. The van der Waals surface area contributed by atoms with Gasteiger partial charge in [-0.05, 0) is 12.1 Å². The van der Waals surface area contributed by atoms with Gasteiger partial charge in [0.25, 0.3) is 0 Å². The van der Waals surface area contributed by atoms with E-state index >= 15 is 0 Å². The molecule has 0 bridgehead atoms. The molecule has 1 heterocycles. The van der Waals surface area contributed by atoms with E-state index in [1.807, 2.05) is 0 Å². The number of carbonyl (C=O) groups excluding carboxylic acids is 1. The first-order valence-electron chi connectivity index (χ1n) is 4.89. The number of carbonyl (C=O) groups is 1. The SMILES string of the molecule is O=Cc1cnc(Cc2c(F)cccc2Cl)nc1. The predicted octanol–water partition coefficient (Wildman–Crippen LogP) is 2.67. The van der Waals surface area contributed by atoms with Gasteiger partial charge in [-0.15, -0.1) is 0 Å². The number of aromatic nitrogens is 2. The van der Waals surface area contributed by atoms with E-state index in [9.17, 15) is 9.18 Å². The minimum atomic E-state index is -0.388. The third-order valence-electron chi connectivity index (χ3n) is 2.26. The second kappa shape index (κ2) is 5.01. The molecule has 86 valence electrons. The quantitative estimate of drug-likeness (QED) is 0.787. The number of nitrogens with zero attached hydrogens (tertiary/aromatic N) is 2. The summed E-state index contributed by atoms with van der Waals surface area (Å²) >= 11 is 5.89. The lowest BCUT2D eigenvalue weighted by atomic mass is 10.1. The fourth-order valence-corrected chi connectivity index (χ4v) is 1.61. The van der Waals surface area contributed by atoms with Crippen LogP contribution in [-0.4, -0.2) is 16.3 Å². The molecular formula is C12H8ClFN2O. The first kappa shape index (κ1) is 11.7. The second-order valence-electron chi connectivity index (χ2n) is 3.43. The zero-order chi connectivity index (χ0) is 12.3. The monoisotopic (exact) mass is 250 g/mol. The van der Waals surface area contributed by atoms with Gasteiger partial charge in [0.15, 0.2) is 6.29 Å². The molecule has 0 N–H and O–H groups in total. The van der Waals surface area contributed by atoms with Gasteiger partial charge in [0.2, 0.25) is 0 Å². The van der Waals surface area contributed by atoms with E-state index in [2.05, 4.69) is 9.97 Å². The Morgan fingerprint density at radius 3 is 2.59 bits per heavy atom. The van der Waals surface area contributed by atoms with Gasteiger partial charge >= 0.3 is 0 Å². The largest absolute Gasteiger partial charge is 0.298 e. The molecule has 0 radical (unpaired) electrons. The van der Waals surface area contributed by atoms with E-state index in [0.29, 0.717) is 28.3 Å². The summed E-state index contributed by atoms with van der Waals surface area (Å²) in [6.07, 6.45) is 3.64. The number of hydrogen-bond acceptors (Lipinski definition) is 3. The highest BCUT2D eigenvalue weighted by Crippen LogP contribution is 2.20. The van der Waals surface area contributed by atoms with E-state index in [4.69, 9.17) is 11.6 Å². The Morgan fingerprint density at radius 1 is 1.29 bits per heavy atom. The second-order valence-corrected chi connectivity index (χ2v) is 3.83. The normalized spacial score (nSPS) is 10.2. The van der Waals surface area contributed by atoms with Gasteiger partial charge < -0.3 is 0 Å². The molecule has 0 unspecified atom stereocenters. The lowest BCUT2D eigenvalue weighted by Gasteiger charge is -2.04. The highest BCUT2D eigenvalue weighted by atomic mass is 35.5. The summed E-state index contributed by atoms with van der Waals surface area (Å²) in [6.45, 7) is 0. The lowest BCUT2D eigenvalue weighted by Crippen LogP contribution is -2.00. The van der Waals surface area contributed by atoms with Crippen molar-refractivity contribution in [3.05, 3.63) is 58.4 Å². The van der Waals surface area contributed by atoms with Crippen LogP contribution in [0.5, 0.6) is 0 Å². The van der Waals surface area contributed by atoms with Crippen LogP contribution in [0.2, 0.25) is 5.02 Å². The van der Waals surface area contributed by atoms with Crippen molar-refractivity contribution in [3.8, 4) is 0 Å². The predicted molar refractivity (Wildman–Crippen MR) is 61.6 cm³/mol. The van der Waals surface area contributed by atoms with Gasteiger partial charge in [0.05, 0.1) is 5.56 Å². The molecule has 5 heteroatoms. The summed E-state index contributed by atoms with van der Waals surface area (Å²) < 4.78 is 13.5. The number of hydrogen-bond donors (Lipinski definition) is 0. The Hall–Kier alpha value is -1.81. The highest BCUT2D eigenvalue weighted by molar-refractivity contribution is 6.31. The number of benzene rings is 1. The molecule has 0 aliphatic rings. The molecular weight excluding hydrogens is 243 g/mol. The lowest BCUT2D eigenvalue weighted by molar-refractivity contribution is 0.112. The Morgan fingerprint density at radius 2 is 2.00 bits per heavy atom. The van der Waals surface area contributed by atoms with Gasteiger partial charge in [-0.2, -0.15) is 0 Å². The average Bonchev–Trinajstić information content (AvgIpc) is 2.35. The molecule has 17 heavy (non-hydrogen) atoms. The van der Waals surface area contributed by atoms with Crippen LogP contribution in [0, 0.1) is 5.82 Å². The minimum absolute atomic E-state index is 0.199. The molecule has 0 aliphatic carbocycles. The Balaban J connectivity index is 2.28. The summed E-state index contributed by atoms with van der Waals surface area (Å²) in [7, 11) is 0. The summed E-state index contributed by atoms with van der Waals surface area (Å²) in [5.74, 6) is 0.0307. The summed E-state index contributed by atoms with van der Waals surface area (Å²) in [5.41, 5.74) is 0.737. The molecule has 0 saturated carbocycles. The van der Waals surface area contributed by atoms with E-state index < -0.39 is 0 Å². The molecule has 2 rings (SSSR count). The van der Waals surface area contributed by atoms with E-state index in [-0.39, 0.29) is 12.2 Å². The van der Waals surface area contributed by atoms with E-state index in [1.54, 1.807) is 6.07 Å². The van der Waals surface area contributed by atoms with Crippen molar-refractivity contribution in [2.75, 3.05) is 0 Å². The van der Waals surface area contributed by atoms with E-state index in [1.165, 1.54) is 24.5 Å². The molecule has 3 nitrogen and oxygen atoms in total. The maximum atomic E-state index is 13.5. The van der Waals surface area contributed by atoms with Crippen molar-refractivity contribution in [2.45, 2.75) is 6.42 Å². The molecule has 0 aliphatic heterocycles. The summed E-state index contributed by atoms with van der Waals surface area (Å²) in [6, 6.07) is 4.48. The first-order chi connectivity index (χ1) is 8.20. The zero-order valence-corrected chi connectivity index (χ0v) is 9.49. The van der Waals surface area contributed by atoms with Crippen molar-refractivity contribution in [2.24, 2.45) is 0 Å². The van der Waals surface area contributed by atoms with Crippen LogP contribution in [-0.2, 0) is 6.42 Å². The Bertz CT molecular complexity index is 522. The molecule has 1 aromatic carbocycles. The summed E-state index contributed by atoms with van der Waals surface area (Å²) in [5, 5.41) is 0.341. The third-order valence-corrected chi connectivity index (χ3v) is 2.61. The fourth-order valence-electron chi connectivity index (χ4n) is 1.38. The van der Waals surface area contributed by atoms with Gasteiger partial charge in [-0.3, -0.25) is 4.79 Å². The smallest absolute Gasteiger partial charge is 0.153 e. The average molecular weight is 251 g/mol. The molecule has 0 saturated heterocycles. The number of rotatable bonds is 3. The van der Waals surface area contributed by atoms with Gasteiger partial charge in [-0.1, -0.05) is 17.7 Å². The van der Waals surface area contributed by atoms with Crippen molar-refractivity contribution >= 4 is 17.9 Å². The van der Waals surface area contributed by atoms with Crippen LogP contribution >= 0.6 is 11.6 Å². The van der Waals surface area contributed by atoms with E-state index in [0.717, 1.165) is 0 Å². The molecule has 0 atom stereocenters. The topological polar surface area (TPSA) is 42.9 Å². The molecule has 0 amide bonds. The van der Waals surface area contributed by atoms with Crippen LogP contribution in [0.15, 0.2) is 30.6 Å². The maximum Gasteiger partial charge on any atom is 0.153 e. The standard InChI is InChI=1S/C12H8ClFN2O/c13-10-2-1-3-11(14)9(10)4-12-15-5-8(7-17)6-16-12/h1-3,5-7H,4H2. The molecule has 2 aromatic rings. The van der Waals surface area contributed by atoms with Gasteiger partial charge in [0, 0.05) is 29.4 Å². The van der Waals surface area contributed by atoms with Crippen molar-refractivity contribution in [3.63, 3.8) is 0 Å². The minimum Gasteiger partial charge on any atom is -0.298 e. The van der Waals surface area contributed by atoms with Crippen LogP contribution in [0.3, 0.4) is 0 Å². The summed E-state index contributed by atoms with van der Waals surface area (Å²) in [4.78, 5) is 18.3. The Kier molecular flexibility index (Phi) is 3.44. The Labute approximate surface area is 102 Å². The third kappa shape index (κ3) is 2.65. The van der Waals surface area contributed by atoms with Crippen LogP contribution in [0.25, 0.3) is 0 Å². The van der Waals surface area contributed by atoms with Crippen molar-refractivity contribution in [1.29, 1.82) is 0 Å². The number of aldehydes is 1. The maximum absolute atomic E-state index is 13.5.